The van der Waals surface area contributed by atoms with E-state index in [2.05, 4.69) is 5.32 Å². The highest BCUT2D eigenvalue weighted by Crippen LogP contribution is 2.29. The maximum absolute atomic E-state index is 13.7. The fourth-order valence-corrected chi connectivity index (χ4v) is 1.89. The zero-order chi connectivity index (χ0) is 13.8. The largest absolute Gasteiger partial charge is 0.465 e. The van der Waals surface area contributed by atoms with Crippen molar-refractivity contribution in [2.75, 3.05) is 13.2 Å². The van der Waals surface area contributed by atoms with Gasteiger partial charge in [-0.15, -0.1) is 0 Å². The summed E-state index contributed by atoms with van der Waals surface area (Å²) in [6, 6.07) is 2.14. The molecule has 19 heavy (non-hydrogen) atoms. The Kier molecular flexibility index (Phi) is 4.47. The topological polar surface area (TPSA) is 38.3 Å². The number of hydrogen-bond donors (Lipinski definition) is 1. The van der Waals surface area contributed by atoms with Gasteiger partial charge in [-0.2, -0.15) is 0 Å². The molecule has 1 atom stereocenters. The smallest absolute Gasteiger partial charge is 0.327 e. The first-order valence-electron chi connectivity index (χ1n) is 6.46. The zero-order valence-electron chi connectivity index (χ0n) is 10.8. The van der Waals surface area contributed by atoms with E-state index in [1.807, 2.05) is 0 Å². The van der Waals surface area contributed by atoms with Crippen LogP contribution in [0.4, 0.5) is 8.78 Å². The summed E-state index contributed by atoms with van der Waals surface area (Å²) in [5.41, 5.74) is -0.000833. The molecule has 1 fully saturated rings. The molecule has 104 valence electrons. The van der Waals surface area contributed by atoms with Gasteiger partial charge in [0.15, 0.2) is 0 Å². The van der Waals surface area contributed by atoms with Gasteiger partial charge in [-0.25, -0.2) is 13.6 Å². The minimum Gasteiger partial charge on any atom is -0.465 e. The predicted octanol–water partition coefficient (Wildman–Crippen LogP) is 2.57. The van der Waals surface area contributed by atoms with Gasteiger partial charge in [0.05, 0.1) is 6.61 Å². The number of halogens is 2. The van der Waals surface area contributed by atoms with Crippen LogP contribution in [0.25, 0.3) is 0 Å². The van der Waals surface area contributed by atoms with Gasteiger partial charge in [-0.1, -0.05) is 0 Å². The third-order valence-electron chi connectivity index (χ3n) is 3.10. The summed E-state index contributed by atoms with van der Waals surface area (Å²) in [6.45, 7) is 2.49. The number of benzene rings is 1. The number of nitrogens with one attached hydrogen (secondary N) is 1. The van der Waals surface area contributed by atoms with E-state index >= 15 is 0 Å². The summed E-state index contributed by atoms with van der Waals surface area (Å²) in [7, 11) is 0. The number of hydrogen-bond acceptors (Lipinski definition) is 3. The number of esters is 1. The average Bonchev–Trinajstić information content (AvgIpc) is 3.18. The van der Waals surface area contributed by atoms with Gasteiger partial charge in [-0.3, -0.25) is 0 Å². The fraction of sp³-hybridized carbons (Fsp3) is 0.500. The lowest BCUT2D eigenvalue weighted by atomic mass is 10.1. The molecule has 1 unspecified atom stereocenters. The van der Waals surface area contributed by atoms with E-state index in [0.717, 1.165) is 31.0 Å². The van der Waals surface area contributed by atoms with E-state index < -0.39 is 23.6 Å². The normalized spacial score (nSPS) is 16.2. The van der Waals surface area contributed by atoms with Gasteiger partial charge in [-0.05, 0) is 50.4 Å². The van der Waals surface area contributed by atoms with Crippen LogP contribution in [-0.2, 0) is 9.53 Å². The summed E-state index contributed by atoms with van der Waals surface area (Å²) >= 11 is 0. The molecule has 0 amide bonds. The molecule has 3 nitrogen and oxygen atoms in total. The summed E-state index contributed by atoms with van der Waals surface area (Å²) in [4.78, 5) is 11.9. The Hall–Kier alpha value is -1.49. The summed E-state index contributed by atoms with van der Waals surface area (Å²) in [5.74, 6) is -1.23. The minimum absolute atomic E-state index is 0.000833. The second-order valence-corrected chi connectivity index (χ2v) is 4.70. The molecular weight excluding hydrogens is 252 g/mol. The first-order valence-corrected chi connectivity index (χ1v) is 6.46. The van der Waals surface area contributed by atoms with E-state index in [1.165, 1.54) is 0 Å². The SMILES string of the molecule is CCOC(=O)C(NCC1CC1)c1cc(F)ccc1F. The number of ether oxygens (including phenoxy) is 1. The average molecular weight is 269 g/mol. The van der Waals surface area contributed by atoms with Crippen LogP contribution in [0, 0.1) is 17.6 Å². The second-order valence-electron chi connectivity index (χ2n) is 4.70. The van der Waals surface area contributed by atoms with Gasteiger partial charge >= 0.3 is 5.97 Å². The maximum atomic E-state index is 13.7. The summed E-state index contributed by atoms with van der Waals surface area (Å²) < 4.78 is 31.9. The Balaban J connectivity index is 2.18. The standard InChI is InChI=1S/C14H17F2NO2/c1-2-19-14(18)13(17-8-9-3-4-9)11-7-10(15)5-6-12(11)16/h5-7,9,13,17H,2-4,8H2,1H3. The van der Waals surface area contributed by atoms with Gasteiger partial charge in [0, 0.05) is 5.56 Å². The molecule has 2 rings (SSSR count). The van der Waals surface area contributed by atoms with Crippen molar-refractivity contribution in [3.8, 4) is 0 Å². The molecular formula is C14H17F2NO2. The fourth-order valence-electron chi connectivity index (χ4n) is 1.89. The van der Waals surface area contributed by atoms with Crippen molar-refractivity contribution in [3.63, 3.8) is 0 Å². The quantitative estimate of drug-likeness (QED) is 0.807. The van der Waals surface area contributed by atoms with Crippen LogP contribution in [0.1, 0.15) is 31.4 Å². The predicted molar refractivity (Wildman–Crippen MR) is 66.5 cm³/mol. The zero-order valence-corrected chi connectivity index (χ0v) is 10.8. The Morgan fingerprint density at radius 3 is 2.84 bits per heavy atom. The molecule has 0 aliphatic heterocycles. The monoisotopic (exact) mass is 269 g/mol. The number of carbonyl (C=O) groups excluding carboxylic acids is 1. The molecule has 0 aromatic heterocycles. The summed E-state index contributed by atoms with van der Waals surface area (Å²) in [5, 5.41) is 2.97. The van der Waals surface area contributed by atoms with E-state index in [9.17, 15) is 13.6 Å². The Labute approximate surface area is 111 Å². The van der Waals surface area contributed by atoms with Crippen LogP contribution in [0.5, 0.6) is 0 Å². The highest BCUT2D eigenvalue weighted by molar-refractivity contribution is 5.77. The van der Waals surface area contributed by atoms with Gasteiger partial charge in [0.25, 0.3) is 0 Å². The van der Waals surface area contributed by atoms with E-state index in [1.54, 1.807) is 6.92 Å². The second kappa shape index (κ2) is 6.10. The minimum atomic E-state index is -0.948. The molecule has 0 heterocycles. The Bertz CT molecular complexity index is 461. The van der Waals surface area contributed by atoms with Gasteiger partial charge in [0.2, 0.25) is 0 Å². The molecule has 1 saturated carbocycles. The van der Waals surface area contributed by atoms with Crippen molar-refractivity contribution in [2.45, 2.75) is 25.8 Å². The Morgan fingerprint density at radius 2 is 2.21 bits per heavy atom. The van der Waals surface area contributed by atoms with Crippen LogP contribution >= 0.6 is 0 Å². The lowest BCUT2D eigenvalue weighted by molar-refractivity contribution is -0.146. The van der Waals surface area contributed by atoms with Crippen molar-refractivity contribution in [1.29, 1.82) is 0 Å². The van der Waals surface area contributed by atoms with E-state index in [0.29, 0.717) is 12.5 Å². The van der Waals surface area contributed by atoms with E-state index in [-0.39, 0.29) is 12.2 Å². The molecule has 1 aromatic rings. The summed E-state index contributed by atoms with van der Waals surface area (Å²) in [6.07, 6.45) is 2.21. The van der Waals surface area contributed by atoms with Crippen molar-refractivity contribution >= 4 is 5.97 Å². The molecule has 0 radical (unpaired) electrons. The van der Waals surface area contributed by atoms with Crippen LogP contribution < -0.4 is 5.32 Å². The third-order valence-corrected chi connectivity index (χ3v) is 3.10. The van der Waals surface area contributed by atoms with Crippen molar-refractivity contribution in [1.82, 2.24) is 5.32 Å². The van der Waals surface area contributed by atoms with Crippen LogP contribution in [0.2, 0.25) is 0 Å². The highest BCUT2D eigenvalue weighted by atomic mass is 19.1. The van der Waals surface area contributed by atoms with Crippen LogP contribution in [-0.4, -0.2) is 19.1 Å². The molecule has 1 aromatic carbocycles. The first-order chi connectivity index (χ1) is 9.11. The lowest BCUT2D eigenvalue weighted by Gasteiger charge is -2.18. The molecule has 0 bridgehead atoms. The third kappa shape index (κ3) is 3.73. The lowest BCUT2D eigenvalue weighted by Crippen LogP contribution is -2.32. The maximum Gasteiger partial charge on any atom is 0.327 e. The van der Waals surface area contributed by atoms with Crippen molar-refractivity contribution in [2.24, 2.45) is 5.92 Å². The number of rotatable bonds is 6. The van der Waals surface area contributed by atoms with Crippen LogP contribution in [0.15, 0.2) is 18.2 Å². The molecule has 0 spiro atoms. The molecule has 1 aliphatic carbocycles. The first kappa shape index (κ1) is 13.9. The van der Waals surface area contributed by atoms with Crippen molar-refractivity contribution < 1.29 is 18.3 Å². The Morgan fingerprint density at radius 1 is 1.47 bits per heavy atom. The van der Waals surface area contributed by atoms with Crippen LogP contribution in [0.3, 0.4) is 0 Å². The molecule has 5 heteroatoms. The van der Waals surface area contributed by atoms with Crippen molar-refractivity contribution in [3.05, 3.63) is 35.4 Å². The van der Waals surface area contributed by atoms with E-state index in [4.69, 9.17) is 4.74 Å². The van der Waals surface area contributed by atoms with Gasteiger partial charge in [0.1, 0.15) is 17.7 Å². The molecule has 1 aliphatic rings. The molecule has 1 N–H and O–H groups in total. The number of carbonyl (C=O) groups is 1. The molecule has 0 saturated heterocycles. The van der Waals surface area contributed by atoms with Gasteiger partial charge < -0.3 is 10.1 Å². The highest BCUT2D eigenvalue weighted by Gasteiger charge is 2.28.